The van der Waals surface area contributed by atoms with Gasteiger partial charge in [-0.15, -0.1) is 0 Å². The third-order valence-corrected chi connectivity index (χ3v) is 4.25. The molecule has 0 radical (unpaired) electrons. The highest BCUT2D eigenvalue weighted by molar-refractivity contribution is 6.09. The van der Waals surface area contributed by atoms with E-state index in [1.165, 1.54) is 23.2 Å². The predicted octanol–water partition coefficient (Wildman–Crippen LogP) is 3.93. The molecular formula is C23H20FN3O2. The molecule has 0 atom stereocenters. The number of anilines is 1. The Kier molecular flexibility index (Phi) is 6.47. The van der Waals surface area contributed by atoms with E-state index in [0.717, 1.165) is 5.56 Å². The molecule has 3 rings (SSSR count). The maximum absolute atomic E-state index is 13.0. The Morgan fingerprint density at radius 3 is 2.31 bits per heavy atom. The maximum atomic E-state index is 13.0. The summed E-state index contributed by atoms with van der Waals surface area (Å²) in [7, 11) is 0. The lowest BCUT2D eigenvalue weighted by Crippen LogP contribution is -2.40. The smallest absolute Gasteiger partial charge is 0.260 e. The summed E-state index contributed by atoms with van der Waals surface area (Å²) < 4.78 is 12.9. The SMILES string of the molecule is Cc1ccccc1N(CC(=O)N/N=C/c1ccc(F)cc1)C(=O)c1ccccc1. The van der Waals surface area contributed by atoms with Gasteiger partial charge >= 0.3 is 0 Å². The second-order valence-corrected chi connectivity index (χ2v) is 6.39. The molecule has 0 aliphatic carbocycles. The van der Waals surface area contributed by atoms with E-state index in [9.17, 15) is 14.0 Å². The van der Waals surface area contributed by atoms with E-state index in [0.29, 0.717) is 16.8 Å². The van der Waals surface area contributed by atoms with E-state index >= 15 is 0 Å². The maximum Gasteiger partial charge on any atom is 0.260 e. The largest absolute Gasteiger partial charge is 0.299 e. The van der Waals surface area contributed by atoms with Crippen LogP contribution in [-0.2, 0) is 4.79 Å². The molecule has 0 spiro atoms. The number of benzene rings is 3. The quantitative estimate of drug-likeness (QED) is 0.513. The summed E-state index contributed by atoms with van der Waals surface area (Å²) in [5, 5.41) is 3.89. The Labute approximate surface area is 168 Å². The van der Waals surface area contributed by atoms with Gasteiger partial charge in [0.2, 0.25) is 0 Å². The minimum atomic E-state index is -0.448. The monoisotopic (exact) mass is 389 g/mol. The molecule has 3 aromatic rings. The Morgan fingerprint density at radius 2 is 1.62 bits per heavy atom. The first-order valence-corrected chi connectivity index (χ1v) is 9.04. The Hall–Kier alpha value is -3.80. The molecule has 0 saturated heterocycles. The van der Waals surface area contributed by atoms with Crippen molar-refractivity contribution in [1.29, 1.82) is 0 Å². The van der Waals surface area contributed by atoms with Gasteiger partial charge in [0.25, 0.3) is 11.8 Å². The van der Waals surface area contributed by atoms with Crippen LogP contribution in [0.15, 0.2) is 84.0 Å². The topological polar surface area (TPSA) is 61.8 Å². The van der Waals surface area contributed by atoms with Gasteiger partial charge < -0.3 is 0 Å². The van der Waals surface area contributed by atoms with E-state index in [1.54, 1.807) is 42.5 Å². The lowest BCUT2D eigenvalue weighted by atomic mass is 10.1. The fourth-order valence-electron chi connectivity index (χ4n) is 2.78. The van der Waals surface area contributed by atoms with Crippen LogP contribution in [0, 0.1) is 12.7 Å². The molecule has 0 fully saturated rings. The van der Waals surface area contributed by atoms with Crippen molar-refractivity contribution in [2.45, 2.75) is 6.92 Å². The van der Waals surface area contributed by atoms with E-state index < -0.39 is 5.91 Å². The van der Waals surface area contributed by atoms with Crippen LogP contribution in [0.4, 0.5) is 10.1 Å². The molecule has 5 nitrogen and oxygen atoms in total. The number of nitrogens with zero attached hydrogens (tertiary/aromatic N) is 2. The minimum Gasteiger partial charge on any atom is -0.299 e. The zero-order valence-electron chi connectivity index (χ0n) is 15.9. The van der Waals surface area contributed by atoms with Crippen molar-refractivity contribution in [3.63, 3.8) is 0 Å². The normalized spacial score (nSPS) is 10.7. The third kappa shape index (κ3) is 5.35. The fraction of sp³-hybridized carbons (Fsp3) is 0.0870. The number of hydrogen-bond donors (Lipinski definition) is 1. The van der Waals surface area contributed by atoms with Crippen LogP contribution in [-0.4, -0.2) is 24.6 Å². The van der Waals surface area contributed by atoms with Crippen molar-refractivity contribution in [1.82, 2.24) is 5.43 Å². The number of amides is 2. The first-order valence-electron chi connectivity index (χ1n) is 9.04. The zero-order valence-corrected chi connectivity index (χ0v) is 15.9. The molecule has 0 saturated carbocycles. The summed E-state index contributed by atoms with van der Waals surface area (Å²) in [4.78, 5) is 26.9. The molecular weight excluding hydrogens is 369 g/mol. The lowest BCUT2D eigenvalue weighted by molar-refractivity contribution is -0.119. The van der Waals surface area contributed by atoms with Crippen LogP contribution in [0.25, 0.3) is 0 Å². The van der Waals surface area contributed by atoms with Crippen molar-refractivity contribution >= 4 is 23.7 Å². The molecule has 146 valence electrons. The van der Waals surface area contributed by atoms with Gasteiger partial charge in [-0.3, -0.25) is 14.5 Å². The number of carbonyl (C=O) groups excluding carboxylic acids is 2. The average Bonchev–Trinajstić information content (AvgIpc) is 2.74. The molecule has 0 aromatic heterocycles. The number of aryl methyl sites for hydroxylation is 1. The van der Waals surface area contributed by atoms with Gasteiger partial charge in [0.15, 0.2) is 0 Å². The average molecular weight is 389 g/mol. The third-order valence-electron chi connectivity index (χ3n) is 4.25. The van der Waals surface area contributed by atoms with Crippen LogP contribution in [0.2, 0.25) is 0 Å². The second-order valence-electron chi connectivity index (χ2n) is 6.39. The van der Waals surface area contributed by atoms with E-state index in [-0.39, 0.29) is 18.3 Å². The van der Waals surface area contributed by atoms with Gasteiger partial charge in [0.1, 0.15) is 12.4 Å². The fourth-order valence-corrected chi connectivity index (χ4v) is 2.78. The van der Waals surface area contributed by atoms with Gasteiger partial charge in [0.05, 0.1) is 6.21 Å². The van der Waals surface area contributed by atoms with E-state index in [4.69, 9.17) is 0 Å². The van der Waals surface area contributed by atoms with Crippen molar-refractivity contribution in [2.24, 2.45) is 5.10 Å². The molecule has 6 heteroatoms. The summed E-state index contributed by atoms with van der Waals surface area (Å²) in [5.41, 5.74) is 5.07. The molecule has 0 heterocycles. The lowest BCUT2D eigenvalue weighted by Gasteiger charge is -2.23. The summed E-state index contributed by atoms with van der Waals surface area (Å²) in [6.45, 7) is 1.69. The highest BCUT2D eigenvalue weighted by Gasteiger charge is 2.21. The van der Waals surface area contributed by atoms with Crippen LogP contribution >= 0.6 is 0 Å². The van der Waals surface area contributed by atoms with Crippen LogP contribution in [0.5, 0.6) is 0 Å². The first kappa shape index (κ1) is 19.9. The Balaban J connectivity index is 1.76. The molecule has 0 bridgehead atoms. The number of rotatable bonds is 6. The molecule has 2 amide bonds. The highest BCUT2D eigenvalue weighted by Crippen LogP contribution is 2.21. The number of para-hydroxylation sites is 1. The second kappa shape index (κ2) is 9.41. The van der Waals surface area contributed by atoms with Crippen LogP contribution in [0.3, 0.4) is 0 Å². The van der Waals surface area contributed by atoms with Crippen molar-refractivity contribution in [3.8, 4) is 0 Å². The molecule has 0 aliphatic heterocycles. The molecule has 29 heavy (non-hydrogen) atoms. The van der Waals surface area contributed by atoms with Gasteiger partial charge in [-0.05, 0) is 48.4 Å². The van der Waals surface area contributed by atoms with Crippen LogP contribution in [0.1, 0.15) is 21.5 Å². The van der Waals surface area contributed by atoms with Crippen molar-refractivity contribution in [3.05, 3.63) is 101 Å². The van der Waals surface area contributed by atoms with Gasteiger partial charge in [-0.2, -0.15) is 5.10 Å². The van der Waals surface area contributed by atoms with Crippen molar-refractivity contribution in [2.75, 3.05) is 11.4 Å². The molecule has 0 unspecified atom stereocenters. The summed E-state index contributed by atoms with van der Waals surface area (Å²) in [6.07, 6.45) is 1.41. The Morgan fingerprint density at radius 1 is 0.966 bits per heavy atom. The minimum absolute atomic E-state index is 0.195. The molecule has 1 N–H and O–H groups in total. The van der Waals surface area contributed by atoms with E-state index in [1.807, 2.05) is 31.2 Å². The number of halogens is 1. The first-order chi connectivity index (χ1) is 14.0. The Bertz CT molecular complexity index is 1020. The summed E-state index contributed by atoms with van der Waals surface area (Å²) in [5.74, 6) is -1.08. The zero-order chi connectivity index (χ0) is 20.6. The number of hydrogen-bond acceptors (Lipinski definition) is 3. The molecule has 3 aromatic carbocycles. The van der Waals surface area contributed by atoms with Gasteiger partial charge in [0, 0.05) is 11.3 Å². The number of carbonyl (C=O) groups is 2. The number of hydrazone groups is 1. The standard InChI is InChI=1S/C23H20FN3O2/c1-17-7-5-6-10-21(17)27(23(29)19-8-3-2-4-9-19)16-22(28)26-25-15-18-11-13-20(24)14-12-18/h2-15H,16H2,1H3,(H,26,28)/b25-15+. The van der Waals surface area contributed by atoms with Gasteiger partial charge in [-0.25, -0.2) is 9.82 Å². The van der Waals surface area contributed by atoms with Gasteiger partial charge in [-0.1, -0.05) is 48.5 Å². The van der Waals surface area contributed by atoms with E-state index in [2.05, 4.69) is 10.5 Å². The summed E-state index contributed by atoms with van der Waals surface area (Å²) >= 11 is 0. The summed E-state index contributed by atoms with van der Waals surface area (Å²) in [6, 6.07) is 21.9. The highest BCUT2D eigenvalue weighted by atomic mass is 19.1. The number of nitrogens with one attached hydrogen (secondary N) is 1. The molecule has 0 aliphatic rings. The van der Waals surface area contributed by atoms with Crippen molar-refractivity contribution < 1.29 is 14.0 Å². The predicted molar refractivity (Wildman–Crippen MR) is 111 cm³/mol. The van der Waals surface area contributed by atoms with Crippen LogP contribution < -0.4 is 10.3 Å².